The van der Waals surface area contributed by atoms with Crippen molar-refractivity contribution in [2.24, 2.45) is 0 Å². The molecule has 1 aromatic rings. The zero-order valence-electron chi connectivity index (χ0n) is 7.68. The van der Waals surface area contributed by atoms with Crippen molar-refractivity contribution in [2.45, 2.75) is 6.61 Å². The first-order valence-electron chi connectivity index (χ1n) is 4.45. The highest BCUT2D eigenvalue weighted by molar-refractivity contribution is 7.85. The predicted molar refractivity (Wildman–Crippen MR) is 58.1 cm³/mol. The molecule has 1 fully saturated rings. The minimum Gasteiger partial charge on any atom is -0.391 e. The van der Waals surface area contributed by atoms with E-state index in [1.54, 1.807) is 6.20 Å². The first-order chi connectivity index (χ1) is 6.79. The zero-order valence-corrected chi connectivity index (χ0v) is 9.31. The normalized spacial score (nSPS) is 18.8. The molecule has 0 spiro atoms. The number of rotatable bonds is 2. The summed E-state index contributed by atoms with van der Waals surface area (Å²) in [7, 11) is -0.644. The molecule has 2 heterocycles. The fraction of sp³-hybridized carbons (Fsp3) is 0.625. The topological polar surface area (TPSA) is 53.4 Å². The van der Waals surface area contributed by atoms with Crippen molar-refractivity contribution >= 4 is 27.3 Å². The van der Waals surface area contributed by atoms with Crippen molar-refractivity contribution in [3.8, 4) is 0 Å². The molecule has 0 saturated carbocycles. The average molecular weight is 232 g/mol. The first kappa shape index (κ1) is 10.1. The number of aromatic nitrogens is 1. The van der Waals surface area contributed by atoms with Crippen LogP contribution in [-0.4, -0.2) is 38.9 Å². The summed E-state index contributed by atoms with van der Waals surface area (Å²) in [6.07, 6.45) is 1.70. The van der Waals surface area contributed by atoms with Crippen molar-refractivity contribution in [3.05, 3.63) is 11.1 Å². The molecule has 2 rings (SSSR count). The quantitative estimate of drug-likeness (QED) is 0.791. The third-order valence-corrected chi connectivity index (χ3v) is 4.46. The van der Waals surface area contributed by atoms with E-state index in [4.69, 9.17) is 5.11 Å². The Hall–Kier alpha value is -0.460. The van der Waals surface area contributed by atoms with Gasteiger partial charge < -0.3 is 10.0 Å². The number of thiazole rings is 1. The Morgan fingerprint density at radius 3 is 2.86 bits per heavy atom. The largest absolute Gasteiger partial charge is 0.391 e. The Bertz CT molecular complexity index is 330. The van der Waals surface area contributed by atoms with E-state index in [0.717, 1.165) is 34.6 Å². The van der Waals surface area contributed by atoms with Crippen molar-refractivity contribution in [2.75, 3.05) is 29.5 Å². The smallest absolute Gasteiger partial charge is 0.185 e. The molecular weight excluding hydrogens is 220 g/mol. The maximum absolute atomic E-state index is 11.1. The Labute approximate surface area is 89.0 Å². The number of hydrogen-bond acceptors (Lipinski definition) is 5. The van der Waals surface area contributed by atoms with Gasteiger partial charge in [0.15, 0.2) is 5.13 Å². The summed E-state index contributed by atoms with van der Waals surface area (Å²) >= 11 is 1.51. The molecule has 0 unspecified atom stereocenters. The minimum absolute atomic E-state index is 0.0530. The summed E-state index contributed by atoms with van der Waals surface area (Å²) in [5, 5.41) is 9.83. The molecule has 0 bridgehead atoms. The lowest BCUT2D eigenvalue weighted by Crippen LogP contribution is -2.37. The van der Waals surface area contributed by atoms with Gasteiger partial charge >= 0.3 is 0 Å². The molecule has 1 aromatic heterocycles. The number of aliphatic hydroxyl groups excluding tert-OH is 1. The summed E-state index contributed by atoms with van der Waals surface area (Å²) in [6.45, 7) is 1.67. The molecule has 0 radical (unpaired) electrons. The molecule has 1 aliphatic heterocycles. The third-order valence-electron chi connectivity index (χ3n) is 2.15. The molecule has 1 N–H and O–H groups in total. The maximum atomic E-state index is 11.1. The summed E-state index contributed by atoms with van der Waals surface area (Å²) in [5.74, 6) is 1.46. The molecule has 0 amide bonds. The summed E-state index contributed by atoms with van der Waals surface area (Å²) in [6, 6.07) is 0. The van der Waals surface area contributed by atoms with Gasteiger partial charge in [0, 0.05) is 41.6 Å². The Morgan fingerprint density at radius 2 is 2.29 bits per heavy atom. The third kappa shape index (κ3) is 2.13. The van der Waals surface area contributed by atoms with Gasteiger partial charge in [-0.3, -0.25) is 4.21 Å². The van der Waals surface area contributed by atoms with Crippen LogP contribution in [0.1, 0.15) is 4.88 Å². The lowest BCUT2D eigenvalue weighted by Gasteiger charge is -2.25. The molecule has 0 atom stereocenters. The van der Waals surface area contributed by atoms with E-state index in [9.17, 15) is 4.21 Å². The van der Waals surface area contributed by atoms with E-state index in [2.05, 4.69) is 9.88 Å². The second kappa shape index (κ2) is 4.37. The molecule has 4 nitrogen and oxygen atoms in total. The zero-order chi connectivity index (χ0) is 9.97. The molecule has 78 valence electrons. The van der Waals surface area contributed by atoms with E-state index in [1.165, 1.54) is 11.3 Å². The first-order valence-corrected chi connectivity index (χ1v) is 6.75. The SMILES string of the molecule is O=S1CCN(c2ncc(CO)s2)CC1. The van der Waals surface area contributed by atoms with Gasteiger partial charge in [-0.25, -0.2) is 4.98 Å². The van der Waals surface area contributed by atoms with Crippen LogP contribution < -0.4 is 4.90 Å². The number of anilines is 1. The molecule has 0 aromatic carbocycles. The van der Waals surface area contributed by atoms with Crippen LogP contribution in [0.2, 0.25) is 0 Å². The van der Waals surface area contributed by atoms with Gasteiger partial charge in [-0.05, 0) is 0 Å². The van der Waals surface area contributed by atoms with Crippen LogP contribution in [0.3, 0.4) is 0 Å². The summed E-state index contributed by atoms with van der Waals surface area (Å²) in [4.78, 5) is 7.23. The maximum Gasteiger partial charge on any atom is 0.185 e. The van der Waals surface area contributed by atoms with Gasteiger partial charge in [-0.2, -0.15) is 0 Å². The molecule has 0 aliphatic carbocycles. The van der Waals surface area contributed by atoms with Gasteiger partial charge in [0.05, 0.1) is 11.5 Å². The molecule has 1 aliphatic rings. The van der Waals surface area contributed by atoms with Crippen molar-refractivity contribution in [1.82, 2.24) is 4.98 Å². The van der Waals surface area contributed by atoms with Crippen molar-refractivity contribution < 1.29 is 9.32 Å². The standard InChI is InChI=1S/C8H12N2O2S2/c11-6-7-5-9-8(13-7)10-1-3-14(12)4-2-10/h5,11H,1-4,6H2. The molecule has 14 heavy (non-hydrogen) atoms. The number of nitrogens with zero attached hydrogens (tertiary/aromatic N) is 2. The number of aliphatic hydroxyl groups is 1. The fourth-order valence-corrected chi connectivity index (χ4v) is 3.22. The Kier molecular flexibility index (Phi) is 3.15. The van der Waals surface area contributed by atoms with Crippen molar-refractivity contribution in [3.63, 3.8) is 0 Å². The Balaban J connectivity index is 2.04. The lowest BCUT2D eigenvalue weighted by atomic mass is 10.5. The molecule has 1 saturated heterocycles. The van der Waals surface area contributed by atoms with Crippen LogP contribution >= 0.6 is 11.3 Å². The highest BCUT2D eigenvalue weighted by Crippen LogP contribution is 2.23. The van der Waals surface area contributed by atoms with Gasteiger partial charge in [0.25, 0.3) is 0 Å². The van der Waals surface area contributed by atoms with E-state index < -0.39 is 10.8 Å². The lowest BCUT2D eigenvalue weighted by molar-refractivity contribution is 0.285. The molecular formula is C8H12N2O2S2. The second-order valence-corrected chi connectivity index (χ2v) is 5.89. The average Bonchev–Trinajstić information content (AvgIpc) is 2.67. The van der Waals surface area contributed by atoms with Gasteiger partial charge in [0.1, 0.15) is 0 Å². The van der Waals surface area contributed by atoms with Gasteiger partial charge in [-0.1, -0.05) is 11.3 Å². The second-order valence-electron chi connectivity index (χ2n) is 3.10. The monoisotopic (exact) mass is 232 g/mol. The van der Waals surface area contributed by atoms with Gasteiger partial charge in [0.2, 0.25) is 0 Å². The van der Waals surface area contributed by atoms with E-state index >= 15 is 0 Å². The van der Waals surface area contributed by atoms with Crippen LogP contribution in [0.15, 0.2) is 6.20 Å². The van der Waals surface area contributed by atoms with Crippen LogP contribution in [0.5, 0.6) is 0 Å². The minimum atomic E-state index is -0.644. The summed E-state index contributed by atoms with van der Waals surface area (Å²) in [5.41, 5.74) is 0. The van der Waals surface area contributed by atoms with Crippen LogP contribution in [0, 0.1) is 0 Å². The van der Waals surface area contributed by atoms with E-state index in [1.807, 2.05) is 0 Å². The van der Waals surface area contributed by atoms with E-state index in [0.29, 0.717) is 0 Å². The summed E-state index contributed by atoms with van der Waals surface area (Å²) < 4.78 is 11.1. The predicted octanol–water partition coefficient (Wildman–Crippen LogP) is 0.204. The molecule has 6 heteroatoms. The van der Waals surface area contributed by atoms with E-state index in [-0.39, 0.29) is 6.61 Å². The fourth-order valence-electron chi connectivity index (χ4n) is 1.35. The Morgan fingerprint density at radius 1 is 1.57 bits per heavy atom. The number of hydrogen-bond donors (Lipinski definition) is 1. The van der Waals surface area contributed by atoms with Crippen LogP contribution in [0.4, 0.5) is 5.13 Å². The van der Waals surface area contributed by atoms with Gasteiger partial charge in [-0.15, -0.1) is 0 Å². The van der Waals surface area contributed by atoms with Crippen LogP contribution in [0.25, 0.3) is 0 Å². The highest BCUT2D eigenvalue weighted by Gasteiger charge is 2.17. The highest BCUT2D eigenvalue weighted by atomic mass is 32.2. The van der Waals surface area contributed by atoms with Crippen LogP contribution in [-0.2, 0) is 17.4 Å². The van der Waals surface area contributed by atoms with Crippen molar-refractivity contribution in [1.29, 1.82) is 0 Å².